The molecule has 0 atom stereocenters. The summed E-state index contributed by atoms with van der Waals surface area (Å²) in [5.41, 5.74) is 3.19. The Labute approximate surface area is 146 Å². The van der Waals surface area contributed by atoms with Gasteiger partial charge in [-0.05, 0) is 55.3 Å². The number of sulfonamides is 1. The SMILES string of the molecule is Cc1cc(C)cc(NC(=O)c2cccc(N3C(=O)CCS3(=O)=O)c2)c1. The van der Waals surface area contributed by atoms with Crippen molar-refractivity contribution in [3.8, 4) is 0 Å². The van der Waals surface area contributed by atoms with Crippen LogP contribution in [0.2, 0.25) is 0 Å². The van der Waals surface area contributed by atoms with E-state index in [1.54, 1.807) is 12.1 Å². The molecular weight excluding hydrogens is 340 g/mol. The highest BCUT2D eigenvalue weighted by Gasteiger charge is 2.36. The maximum absolute atomic E-state index is 12.5. The zero-order valence-corrected chi connectivity index (χ0v) is 14.8. The standard InChI is InChI=1S/C18H18N2O4S/c1-12-8-13(2)10-15(9-12)19-18(22)14-4-3-5-16(11-14)20-17(21)6-7-25(20,23)24/h3-5,8-11H,6-7H2,1-2H3,(H,19,22). The minimum atomic E-state index is -3.65. The molecule has 130 valence electrons. The summed E-state index contributed by atoms with van der Waals surface area (Å²) in [6.07, 6.45) is -0.0404. The summed E-state index contributed by atoms with van der Waals surface area (Å²) < 4.78 is 24.8. The molecule has 0 saturated carbocycles. The normalized spacial score (nSPS) is 16.1. The Bertz CT molecular complexity index is 947. The molecule has 0 unspecified atom stereocenters. The van der Waals surface area contributed by atoms with Gasteiger partial charge in [-0.2, -0.15) is 0 Å². The molecular formula is C18H18N2O4S. The van der Waals surface area contributed by atoms with Crippen LogP contribution in [0.3, 0.4) is 0 Å². The molecule has 25 heavy (non-hydrogen) atoms. The maximum Gasteiger partial charge on any atom is 0.255 e. The Hall–Kier alpha value is -2.67. The first kappa shape index (κ1) is 17.2. The second-order valence-corrected chi connectivity index (χ2v) is 8.04. The molecule has 2 aromatic rings. The molecule has 2 amide bonds. The number of rotatable bonds is 3. The predicted octanol–water partition coefficient (Wildman–Crippen LogP) is 2.62. The number of hydrogen-bond acceptors (Lipinski definition) is 4. The number of nitrogens with one attached hydrogen (secondary N) is 1. The molecule has 1 aliphatic rings. The van der Waals surface area contributed by atoms with E-state index in [2.05, 4.69) is 5.32 Å². The molecule has 0 bridgehead atoms. The first-order chi connectivity index (χ1) is 11.8. The molecule has 0 radical (unpaired) electrons. The second kappa shape index (κ2) is 6.33. The van der Waals surface area contributed by atoms with Crippen LogP contribution in [0.1, 0.15) is 27.9 Å². The van der Waals surface area contributed by atoms with Gasteiger partial charge in [0, 0.05) is 17.7 Å². The first-order valence-corrected chi connectivity index (χ1v) is 9.43. The smallest absolute Gasteiger partial charge is 0.255 e. The Morgan fingerprint density at radius 2 is 1.76 bits per heavy atom. The quantitative estimate of drug-likeness (QED) is 0.914. The second-order valence-electron chi connectivity index (χ2n) is 6.10. The number of aryl methyl sites for hydroxylation is 2. The molecule has 7 heteroatoms. The Kier molecular flexibility index (Phi) is 4.34. The van der Waals surface area contributed by atoms with Crippen molar-refractivity contribution in [2.45, 2.75) is 20.3 Å². The lowest BCUT2D eigenvalue weighted by Gasteiger charge is -2.16. The van der Waals surface area contributed by atoms with Crippen molar-refractivity contribution in [3.63, 3.8) is 0 Å². The zero-order chi connectivity index (χ0) is 18.2. The van der Waals surface area contributed by atoms with Gasteiger partial charge in [0.1, 0.15) is 0 Å². The monoisotopic (exact) mass is 358 g/mol. The molecule has 0 spiro atoms. The van der Waals surface area contributed by atoms with Gasteiger partial charge in [-0.1, -0.05) is 12.1 Å². The van der Waals surface area contributed by atoms with Crippen LogP contribution in [0.4, 0.5) is 11.4 Å². The van der Waals surface area contributed by atoms with Crippen LogP contribution in [-0.2, 0) is 14.8 Å². The number of nitrogens with zero attached hydrogens (tertiary/aromatic N) is 1. The summed E-state index contributed by atoms with van der Waals surface area (Å²) in [7, 11) is -3.65. The largest absolute Gasteiger partial charge is 0.322 e. The highest BCUT2D eigenvalue weighted by atomic mass is 32.2. The van der Waals surface area contributed by atoms with Crippen LogP contribution in [0.15, 0.2) is 42.5 Å². The van der Waals surface area contributed by atoms with Gasteiger partial charge >= 0.3 is 0 Å². The summed E-state index contributed by atoms with van der Waals surface area (Å²) >= 11 is 0. The molecule has 1 fully saturated rings. The number of carbonyl (C=O) groups is 2. The van der Waals surface area contributed by atoms with Crippen molar-refractivity contribution in [1.29, 1.82) is 0 Å². The molecule has 2 aromatic carbocycles. The Morgan fingerprint density at radius 3 is 2.36 bits per heavy atom. The van der Waals surface area contributed by atoms with E-state index in [0.29, 0.717) is 5.69 Å². The lowest BCUT2D eigenvalue weighted by atomic mass is 10.1. The maximum atomic E-state index is 12.5. The lowest BCUT2D eigenvalue weighted by Crippen LogP contribution is -2.29. The van der Waals surface area contributed by atoms with E-state index in [-0.39, 0.29) is 29.3 Å². The van der Waals surface area contributed by atoms with E-state index < -0.39 is 15.9 Å². The van der Waals surface area contributed by atoms with Gasteiger partial charge in [0.05, 0.1) is 11.4 Å². The molecule has 3 rings (SSSR count). The minimum Gasteiger partial charge on any atom is -0.322 e. The molecule has 1 aliphatic heterocycles. The van der Waals surface area contributed by atoms with E-state index in [9.17, 15) is 18.0 Å². The fourth-order valence-corrected chi connectivity index (χ4v) is 4.34. The molecule has 0 aliphatic carbocycles. The van der Waals surface area contributed by atoms with Gasteiger partial charge in [0.15, 0.2) is 0 Å². The van der Waals surface area contributed by atoms with Crippen LogP contribution in [0, 0.1) is 13.8 Å². The van der Waals surface area contributed by atoms with Crippen molar-refractivity contribution >= 4 is 33.2 Å². The average Bonchev–Trinajstić information content (AvgIpc) is 2.79. The third kappa shape index (κ3) is 3.56. The molecule has 6 nitrogen and oxygen atoms in total. The van der Waals surface area contributed by atoms with Gasteiger partial charge < -0.3 is 5.32 Å². The van der Waals surface area contributed by atoms with E-state index in [0.717, 1.165) is 15.4 Å². The number of benzene rings is 2. The van der Waals surface area contributed by atoms with Crippen molar-refractivity contribution in [2.24, 2.45) is 0 Å². The van der Waals surface area contributed by atoms with Crippen LogP contribution >= 0.6 is 0 Å². The average molecular weight is 358 g/mol. The predicted molar refractivity (Wildman–Crippen MR) is 96.2 cm³/mol. The van der Waals surface area contributed by atoms with Gasteiger partial charge in [-0.25, -0.2) is 12.7 Å². The van der Waals surface area contributed by atoms with Gasteiger partial charge in [-0.15, -0.1) is 0 Å². The Morgan fingerprint density at radius 1 is 1.08 bits per heavy atom. The topological polar surface area (TPSA) is 83.6 Å². The lowest BCUT2D eigenvalue weighted by molar-refractivity contribution is -0.116. The van der Waals surface area contributed by atoms with E-state index in [1.807, 2.05) is 32.0 Å². The fraction of sp³-hybridized carbons (Fsp3) is 0.222. The summed E-state index contributed by atoms with van der Waals surface area (Å²) in [6.45, 7) is 3.88. The summed E-state index contributed by atoms with van der Waals surface area (Å²) in [5, 5.41) is 2.80. The first-order valence-electron chi connectivity index (χ1n) is 7.82. The minimum absolute atomic E-state index is 0.0404. The number of amides is 2. The summed E-state index contributed by atoms with van der Waals surface area (Å²) in [4.78, 5) is 24.4. The van der Waals surface area contributed by atoms with Crippen LogP contribution in [0.25, 0.3) is 0 Å². The third-order valence-electron chi connectivity index (χ3n) is 3.90. The van der Waals surface area contributed by atoms with Crippen LogP contribution in [-0.4, -0.2) is 26.0 Å². The van der Waals surface area contributed by atoms with Crippen molar-refractivity contribution in [2.75, 3.05) is 15.4 Å². The molecule has 1 saturated heterocycles. The van der Waals surface area contributed by atoms with E-state index >= 15 is 0 Å². The summed E-state index contributed by atoms with van der Waals surface area (Å²) in [5.74, 6) is -1.05. The van der Waals surface area contributed by atoms with Crippen LogP contribution in [0.5, 0.6) is 0 Å². The van der Waals surface area contributed by atoms with Crippen molar-refractivity contribution in [1.82, 2.24) is 0 Å². The highest BCUT2D eigenvalue weighted by Crippen LogP contribution is 2.26. The molecule has 1 heterocycles. The molecule has 0 aromatic heterocycles. The van der Waals surface area contributed by atoms with E-state index in [1.165, 1.54) is 12.1 Å². The fourth-order valence-electron chi connectivity index (χ4n) is 2.89. The zero-order valence-electron chi connectivity index (χ0n) is 13.9. The number of carbonyl (C=O) groups excluding carboxylic acids is 2. The number of hydrogen-bond donors (Lipinski definition) is 1. The van der Waals surface area contributed by atoms with Gasteiger partial charge in [-0.3, -0.25) is 9.59 Å². The summed E-state index contributed by atoms with van der Waals surface area (Å²) in [6, 6.07) is 11.8. The van der Waals surface area contributed by atoms with Crippen molar-refractivity contribution in [3.05, 3.63) is 59.2 Å². The van der Waals surface area contributed by atoms with E-state index in [4.69, 9.17) is 0 Å². The number of anilines is 2. The highest BCUT2D eigenvalue weighted by molar-refractivity contribution is 7.94. The van der Waals surface area contributed by atoms with Gasteiger partial charge in [0.25, 0.3) is 5.91 Å². The molecule has 1 N–H and O–H groups in total. The Balaban J connectivity index is 1.88. The van der Waals surface area contributed by atoms with Crippen molar-refractivity contribution < 1.29 is 18.0 Å². The van der Waals surface area contributed by atoms with Gasteiger partial charge in [0.2, 0.25) is 15.9 Å². The van der Waals surface area contributed by atoms with Crippen LogP contribution < -0.4 is 9.62 Å². The third-order valence-corrected chi connectivity index (χ3v) is 5.59.